The standard InChI is InChI=1S/C47H85N3O9/c1-3-5-7-21-27-41(53)29-23-17-13-9-11-15-19-25-31-44(55)48-35-37-50(46(57)33-34-47(58)59-43(39-51)40-52)38-36-49-45(56)32-26-20-16-12-10-14-18-24-30-42(54)28-22-8-6-4-2/h17-18,23-24,33-34,41-43,51-54H,3-16,19-22,25-32,35-40H2,1-2H3,(H,48,55)(H,49,56)/b23-17+,24-18+,34-33-. The number of allylic oxidation sites excluding steroid dienone is 2. The lowest BCUT2D eigenvalue weighted by Crippen LogP contribution is -2.42. The zero-order valence-corrected chi connectivity index (χ0v) is 37.1. The first-order chi connectivity index (χ1) is 28.7. The van der Waals surface area contributed by atoms with E-state index in [1.807, 2.05) is 0 Å². The third-order valence-electron chi connectivity index (χ3n) is 10.3. The molecular weight excluding hydrogens is 751 g/mol. The van der Waals surface area contributed by atoms with E-state index >= 15 is 0 Å². The van der Waals surface area contributed by atoms with Crippen LogP contribution in [0.3, 0.4) is 0 Å². The lowest BCUT2D eigenvalue weighted by Gasteiger charge is -2.22. The highest BCUT2D eigenvalue weighted by molar-refractivity contribution is 5.94. The summed E-state index contributed by atoms with van der Waals surface area (Å²) in [7, 11) is 0. The summed E-state index contributed by atoms with van der Waals surface area (Å²) in [4.78, 5) is 51.5. The second kappa shape index (κ2) is 41.7. The monoisotopic (exact) mass is 836 g/mol. The Balaban J connectivity index is 4.44. The van der Waals surface area contributed by atoms with E-state index in [9.17, 15) is 29.4 Å². The van der Waals surface area contributed by atoms with Crippen LogP contribution in [-0.4, -0.2) is 107 Å². The smallest absolute Gasteiger partial charge is 0.331 e. The van der Waals surface area contributed by atoms with E-state index in [1.54, 1.807) is 0 Å². The van der Waals surface area contributed by atoms with Crippen LogP contribution in [0, 0.1) is 0 Å². The summed E-state index contributed by atoms with van der Waals surface area (Å²) in [6, 6.07) is 0. The maximum atomic E-state index is 13.0. The van der Waals surface area contributed by atoms with Crippen molar-refractivity contribution in [1.82, 2.24) is 15.5 Å². The lowest BCUT2D eigenvalue weighted by atomic mass is 10.1. The summed E-state index contributed by atoms with van der Waals surface area (Å²) < 4.78 is 4.89. The fourth-order valence-electron chi connectivity index (χ4n) is 6.50. The van der Waals surface area contributed by atoms with Gasteiger partial charge in [-0.15, -0.1) is 0 Å². The molecule has 0 heterocycles. The number of rotatable bonds is 41. The van der Waals surface area contributed by atoms with Crippen molar-refractivity contribution in [3.05, 3.63) is 36.5 Å². The van der Waals surface area contributed by atoms with Crippen molar-refractivity contribution in [2.75, 3.05) is 39.4 Å². The minimum Gasteiger partial charge on any atom is -0.454 e. The van der Waals surface area contributed by atoms with Gasteiger partial charge in [0.05, 0.1) is 25.4 Å². The van der Waals surface area contributed by atoms with Gasteiger partial charge in [0.15, 0.2) is 0 Å². The fraction of sp³-hybridized carbons (Fsp3) is 0.787. The minimum absolute atomic E-state index is 0.0974. The molecule has 2 unspecified atom stereocenters. The van der Waals surface area contributed by atoms with Crippen molar-refractivity contribution < 1.29 is 44.3 Å². The van der Waals surface area contributed by atoms with Crippen LogP contribution in [0.2, 0.25) is 0 Å². The SMILES string of the molecule is CCCCCCC(O)C/C=C/CCCCCCCC(=O)NCCN(CCNC(=O)CCCCCCC/C=C/CC(O)CCCCCC)C(=O)/C=C\C(=O)OC(CO)CO. The van der Waals surface area contributed by atoms with Crippen LogP contribution in [0.1, 0.15) is 181 Å². The first-order valence-corrected chi connectivity index (χ1v) is 23.2. The number of aliphatic hydroxyl groups is 4. The van der Waals surface area contributed by atoms with Gasteiger partial charge < -0.3 is 40.7 Å². The van der Waals surface area contributed by atoms with Crippen molar-refractivity contribution in [3.8, 4) is 0 Å². The van der Waals surface area contributed by atoms with Gasteiger partial charge in [-0.3, -0.25) is 14.4 Å². The van der Waals surface area contributed by atoms with Gasteiger partial charge in [0.1, 0.15) is 6.10 Å². The summed E-state index contributed by atoms with van der Waals surface area (Å²) in [5.41, 5.74) is 0. The molecule has 0 saturated heterocycles. The predicted molar refractivity (Wildman–Crippen MR) is 237 cm³/mol. The van der Waals surface area contributed by atoms with E-state index in [2.05, 4.69) is 48.8 Å². The number of esters is 1. The molecule has 0 bridgehead atoms. The van der Waals surface area contributed by atoms with Crippen molar-refractivity contribution in [2.45, 2.75) is 199 Å². The molecule has 0 aliphatic carbocycles. The molecule has 6 N–H and O–H groups in total. The summed E-state index contributed by atoms with van der Waals surface area (Å²) in [6.07, 6.45) is 34.2. The number of nitrogens with one attached hydrogen (secondary N) is 2. The van der Waals surface area contributed by atoms with E-state index in [0.717, 1.165) is 128 Å². The molecule has 0 saturated carbocycles. The number of carbonyl (C=O) groups excluding carboxylic acids is 4. The molecule has 0 aliphatic rings. The Kier molecular flexibility index (Phi) is 39.5. The highest BCUT2D eigenvalue weighted by Crippen LogP contribution is 2.12. The molecule has 342 valence electrons. The Bertz CT molecular complexity index is 1060. The Morgan fingerprint density at radius 1 is 0.559 bits per heavy atom. The van der Waals surface area contributed by atoms with Crippen molar-refractivity contribution in [1.29, 1.82) is 0 Å². The minimum atomic E-state index is -1.08. The molecule has 0 fully saturated rings. The van der Waals surface area contributed by atoms with Crippen LogP contribution >= 0.6 is 0 Å². The summed E-state index contributed by atoms with van der Waals surface area (Å²) in [6.45, 7) is 4.04. The number of unbranched alkanes of at least 4 members (excludes halogenated alkanes) is 16. The number of carbonyl (C=O) groups is 4. The molecule has 0 aromatic heterocycles. The van der Waals surface area contributed by atoms with Crippen molar-refractivity contribution >= 4 is 23.7 Å². The molecule has 0 aliphatic heterocycles. The zero-order chi connectivity index (χ0) is 43.6. The highest BCUT2D eigenvalue weighted by atomic mass is 16.6. The molecular formula is C47H85N3O9. The maximum absolute atomic E-state index is 13.0. The Hall–Kier alpha value is -3.06. The number of aliphatic hydroxyl groups excluding tert-OH is 4. The number of hydrogen-bond acceptors (Lipinski definition) is 9. The molecule has 0 spiro atoms. The van der Waals surface area contributed by atoms with Gasteiger partial charge in [0.25, 0.3) is 0 Å². The van der Waals surface area contributed by atoms with Gasteiger partial charge in [-0.1, -0.05) is 128 Å². The number of ether oxygens (including phenoxy) is 1. The summed E-state index contributed by atoms with van der Waals surface area (Å²) in [5, 5.41) is 44.2. The predicted octanol–water partition coefficient (Wildman–Crippen LogP) is 7.52. The van der Waals surface area contributed by atoms with Crippen LogP contribution in [0.15, 0.2) is 36.5 Å². The fourth-order valence-corrected chi connectivity index (χ4v) is 6.50. The van der Waals surface area contributed by atoms with Gasteiger partial charge in [-0.05, 0) is 64.2 Å². The molecule has 0 aromatic rings. The molecule has 2 atom stereocenters. The maximum Gasteiger partial charge on any atom is 0.331 e. The highest BCUT2D eigenvalue weighted by Gasteiger charge is 2.15. The number of amides is 3. The molecule has 3 amide bonds. The van der Waals surface area contributed by atoms with E-state index < -0.39 is 31.2 Å². The van der Waals surface area contributed by atoms with Crippen LogP contribution < -0.4 is 10.6 Å². The van der Waals surface area contributed by atoms with Crippen LogP contribution in [0.5, 0.6) is 0 Å². The second-order valence-corrected chi connectivity index (χ2v) is 15.8. The Morgan fingerprint density at radius 3 is 1.42 bits per heavy atom. The van der Waals surface area contributed by atoms with E-state index in [0.29, 0.717) is 12.8 Å². The van der Waals surface area contributed by atoms with Gasteiger partial charge in [-0.25, -0.2) is 4.79 Å². The molecule has 0 radical (unpaired) electrons. The van der Waals surface area contributed by atoms with Gasteiger partial charge >= 0.3 is 5.97 Å². The first kappa shape index (κ1) is 55.9. The normalized spacial score (nSPS) is 12.8. The third-order valence-corrected chi connectivity index (χ3v) is 10.3. The summed E-state index contributed by atoms with van der Waals surface area (Å²) in [5.74, 6) is -1.58. The van der Waals surface area contributed by atoms with Gasteiger partial charge in [0, 0.05) is 51.2 Å². The first-order valence-electron chi connectivity index (χ1n) is 23.2. The molecule has 59 heavy (non-hydrogen) atoms. The molecule has 12 heteroatoms. The van der Waals surface area contributed by atoms with Crippen LogP contribution in [0.4, 0.5) is 0 Å². The third kappa shape index (κ3) is 37.7. The average molecular weight is 836 g/mol. The molecule has 0 rings (SSSR count). The van der Waals surface area contributed by atoms with Crippen molar-refractivity contribution in [3.63, 3.8) is 0 Å². The summed E-state index contributed by atoms with van der Waals surface area (Å²) >= 11 is 0. The average Bonchev–Trinajstić information content (AvgIpc) is 3.22. The topological polar surface area (TPSA) is 186 Å². The van der Waals surface area contributed by atoms with Crippen molar-refractivity contribution in [2.24, 2.45) is 0 Å². The second-order valence-electron chi connectivity index (χ2n) is 15.8. The van der Waals surface area contributed by atoms with E-state index in [4.69, 9.17) is 14.9 Å². The Labute approximate surface area is 357 Å². The van der Waals surface area contributed by atoms with Gasteiger partial charge in [-0.2, -0.15) is 0 Å². The number of hydrogen-bond donors (Lipinski definition) is 6. The lowest BCUT2D eigenvalue weighted by molar-refractivity contribution is -0.147. The molecule has 0 aromatic carbocycles. The Morgan fingerprint density at radius 2 is 0.983 bits per heavy atom. The van der Waals surface area contributed by atoms with E-state index in [1.165, 1.54) is 43.4 Å². The quantitative estimate of drug-likeness (QED) is 0.0157. The van der Waals surface area contributed by atoms with Crippen LogP contribution in [-0.2, 0) is 23.9 Å². The van der Waals surface area contributed by atoms with E-state index in [-0.39, 0.29) is 50.2 Å². The number of nitrogens with zero attached hydrogens (tertiary/aromatic N) is 1. The zero-order valence-electron chi connectivity index (χ0n) is 37.1. The van der Waals surface area contributed by atoms with Crippen LogP contribution in [0.25, 0.3) is 0 Å². The molecule has 12 nitrogen and oxygen atoms in total. The van der Waals surface area contributed by atoms with Gasteiger partial charge in [0.2, 0.25) is 17.7 Å². The largest absolute Gasteiger partial charge is 0.454 e.